The van der Waals surface area contributed by atoms with Crippen molar-refractivity contribution < 1.29 is 9.90 Å². The van der Waals surface area contributed by atoms with Gasteiger partial charge in [-0.25, -0.2) is 0 Å². The number of hydrogen-bond donors (Lipinski definition) is 2. The zero-order chi connectivity index (χ0) is 16.8. The second-order valence-corrected chi connectivity index (χ2v) is 6.48. The number of nitrogens with zero attached hydrogens (tertiary/aromatic N) is 2. The van der Waals surface area contributed by atoms with Crippen molar-refractivity contribution >= 4 is 5.91 Å². The number of carbonyl (C=O) groups is 1. The maximum Gasteiger partial charge on any atom is 0.220 e. The Balaban J connectivity index is 1.55. The fraction of sp³-hybridized carbons (Fsp3) is 0.421. The molecular weight excluding hydrogens is 302 g/mol. The van der Waals surface area contributed by atoms with Crippen molar-refractivity contribution in [3.05, 3.63) is 60.2 Å². The third-order valence-electron chi connectivity index (χ3n) is 4.63. The maximum absolute atomic E-state index is 12.3. The Morgan fingerprint density at radius 1 is 1.17 bits per heavy atom. The molecule has 2 aromatic rings. The topological polar surface area (TPSA) is 75.1 Å². The number of aromatic nitrogens is 2. The van der Waals surface area contributed by atoms with Crippen molar-refractivity contribution in [2.45, 2.75) is 44.2 Å². The molecule has 126 valence electrons. The molecule has 0 aliphatic heterocycles. The largest absolute Gasteiger partial charge is 0.393 e. The maximum atomic E-state index is 12.3. The SMILES string of the molecule is O=C(CCc1cccnc1)N[C@H](Cc1ccncc1)C1CC(O)C1. The highest BCUT2D eigenvalue weighted by atomic mass is 16.3. The van der Waals surface area contributed by atoms with Crippen LogP contribution in [0.15, 0.2) is 49.1 Å². The number of nitrogens with one attached hydrogen (secondary N) is 1. The first-order chi connectivity index (χ1) is 11.7. The lowest BCUT2D eigenvalue weighted by Crippen LogP contribution is -2.48. The number of amides is 1. The van der Waals surface area contributed by atoms with Crippen LogP contribution in [0.25, 0.3) is 0 Å². The van der Waals surface area contributed by atoms with Gasteiger partial charge in [0, 0.05) is 37.3 Å². The van der Waals surface area contributed by atoms with Gasteiger partial charge in [-0.3, -0.25) is 14.8 Å². The Kier molecular flexibility index (Phi) is 5.54. The van der Waals surface area contributed by atoms with Crippen LogP contribution in [0.5, 0.6) is 0 Å². The summed E-state index contributed by atoms with van der Waals surface area (Å²) >= 11 is 0. The summed E-state index contributed by atoms with van der Waals surface area (Å²) in [6, 6.07) is 7.89. The van der Waals surface area contributed by atoms with E-state index in [9.17, 15) is 9.90 Å². The molecule has 0 bridgehead atoms. The van der Waals surface area contributed by atoms with Gasteiger partial charge in [-0.2, -0.15) is 0 Å². The summed E-state index contributed by atoms with van der Waals surface area (Å²) in [6.07, 6.45) is 10.3. The molecule has 1 fully saturated rings. The van der Waals surface area contributed by atoms with Crippen molar-refractivity contribution in [1.82, 2.24) is 15.3 Å². The molecule has 1 atom stereocenters. The first kappa shape index (κ1) is 16.6. The van der Waals surface area contributed by atoms with Gasteiger partial charge in [0.15, 0.2) is 0 Å². The lowest BCUT2D eigenvalue weighted by Gasteiger charge is -2.38. The van der Waals surface area contributed by atoms with E-state index < -0.39 is 0 Å². The molecule has 0 aromatic carbocycles. The minimum absolute atomic E-state index is 0.0549. The first-order valence-electron chi connectivity index (χ1n) is 8.46. The van der Waals surface area contributed by atoms with E-state index in [0.717, 1.165) is 30.4 Å². The smallest absolute Gasteiger partial charge is 0.220 e. The van der Waals surface area contributed by atoms with Gasteiger partial charge in [0.2, 0.25) is 5.91 Å². The molecule has 0 unspecified atom stereocenters. The number of hydrogen-bond acceptors (Lipinski definition) is 4. The van der Waals surface area contributed by atoms with E-state index in [0.29, 0.717) is 18.8 Å². The summed E-state index contributed by atoms with van der Waals surface area (Å²) in [6.45, 7) is 0. The minimum Gasteiger partial charge on any atom is -0.393 e. The second-order valence-electron chi connectivity index (χ2n) is 6.48. The van der Waals surface area contributed by atoms with Gasteiger partial charge >= 0.3 is 0 Å². The van der Waals surface area contributed by atoms with Gasteiger partial charge in [-0.1, -0.05) is 6.07 Å². The molecule has 0 spiro atoms. The van der Waals surface area contributed by atoms with Gasteiger partial charge in [0.05, 0.1) is 6.10 Å². The molecule has 2 heterocycles. The van der Waals surface area contributed by atoms with Gasteiger partial charge in [0.1, 0.15) is 0 Å². The summed E-state index contributed by atoms with van der Waals surface area (Å²) in [5.74, 6) is 0.398. The van der Waals surface area contributed by atoms with E-state index in [1.165, 1.54) is 0 Å². The Morgan fingerprint density at radius 3 is 2.62 bits per heavy atom. The first-order valence-corrected chi connectivity index (χ1v) is 8.46. The average molecular weight is 325 g/mol. The highest BCUT2D eigenvalue weighted by Gasteiger charge is 2.34. The Bertz CT molecular complexity index is 642. The monoisotopic (exact) mass is 325 g/mol. The van der Waals surface area contributed by atoms with Crippen LogP contribution in [-0.2, 0) is 17.6 Å². The van der Waals surface area contributed by atoms with E-state index in [2.05, 4.69) is 15.3 Å². The van der Waals surface area contributed by atoms with Crippen molar-refractivity contribution in [2.75, 3.05) is 0 Å². The molecule has 1 saturated carbocycles. The molecule has 2 aromatic heterocycles. The van der Waals surface area contributed by atoms with E-state index in [4.69, 9.17) is 0 Å². The molecular formula is C19H23N3O2. The predicted molar refractivity (Wildman–Crippen MR) is 91.2 cm³/mol. The number of aliphatic hydroxyl groups is 1. The normalized spacial score (nSPS) is 20.9. The van der Waals surface area contributed by atoms with Crippen molar-refractivity contribution in [3.63, 3.8) is 0 Å². The molecule has 2 N–H and O–H groups in total. The fourth-order valence-corrected chi connectivity index (χ4v) is 3.15. The molecule has 1 amide bonds. The summed E-state index contributed by atoms with van der Waals surface area (Å²) < 4.78 is 0. The molecule has 0 radical (unpaired) electrons. The Morgan fingerprint density at radius 2 is 1.96 bits per heavy atom. The van der Waals surface area contributed by atoms with Crippen molar-refractivity contribution in [1.29, 1.82) is 0 Å². The van der Waals surface area contributed by atoms with Crippen LogP contribution in [0.4, 0.5) is 0 Å². The molecule has 5 nitrogen and oxygen atoms in total. The molecule has 1 aliphatic carbocycles. The van der Waals surface area contributed by atoms with Gasteiger partial charge in [-0.15, -0.1) is 0 Å². The number of aryl methyl sites for hydroxylation is 1. The lowest BCUT2D eigenvalue weighted by atomic mass is 9.75. The number of rotatable bonds is 7. The highest BCUT2D eigenvalue weighted by molar-refractivity contribution is 5.76. The molecule has 24 heavy (non-hydrogen) atoms. The van der Waals surface area contributed by atoms with E-state index in [1.54, 1.807) is 24.8 Å². The zero-order valence-corrected chi connectivity index (χ0v) is 13.6. The van der Waals surface area contributed by atoms with Crippen LogP contribution in [0.1, 0.15) is 30.4 Å². The molecule has 3 rings (SSSR count). The van der Waals surface area contributed by atoms with E-state index >= 15 is 0 Å². The highest BCUT2D eigenvalue weighted by Crippen LogP contribution is 2.31. The van der Waals surface area contributed by atoms with Crippen LogP contribution >= 0.6 is 0 Å². The van der Waals surface area contributed by atoms with Crippen molar-refractivity contribution in [2.24, 2.45) is 5.92 Å². The number of aliphatic hydroxyl groups excluding tert-OH is 1. The molecule has 1 aliphatic rings. The van der Waals surface area contributed by atoms with Crippen LogP contribution in [-0.4, -0.2) is 33.1 Å². The van der Waals surface area contributed by atoms with E-state index in [1.807, 2.05) is 24.3 Å². The van der Waals surface area contributed by atoms with Crippen LogP contribution < -0.4 is 5.32 Å². The van der Waals surface area contributed by atoms with Gasteiger partial charge < -0.3 is 10.4 Å². The summed E-state index contributed by atoms with van der Waals surface area (Å²) in [5.41, 5.74) is 2.22. The van der Waals surface area contributed by atoms with Gasteiger partial charge in [-0.05, 0) is 60.9 Å². The zero-order valence-electron chi connectivity index (χ0n) is 13.6. The second kappa shape index (κ2) is 8.02. The third kappa shape index (κ3) is 4.61. The van der Waals surface area contributed by atoms with Gasteiger partial charge in [0.25, 0.3) is 0 Å². The quantitative estimate of drug-likeness (QED) is 0.815. The Hall–Kier alpha value is -2.27. The lowest BCUT2D eigenvalue weighted by molar-refractivity contribution is -0.122. The molecule has 0 saturated heterocycles. The summed E-state index contributed by atoms with van der Waals surface area (Å²) in [4.78, 5) is 20.4. The van der Waals surface area contributed by atoms with Crippen molar-refractivity contribution in [3.8, 4) is 0 Å². The van der Waals surface area contributed by atoms with Crippen LogP contribution in [0.2, 0.25) is 0 Å². The fourth-order valence-electron chi connectivity index (χ4n) is 3.15. The van der Waals surface area contributed by atoms with E-state index in [-0.39, 0.29) is 18.1 Å². The average Bonchev–Trinajstić information content (AvgIpc) is 2.58. The van der Waals surface area contributed by atoms with Crippen LogP contribution in [0, 0.1) is 5.92 Å². The van der Waals surface area contributed by atoms with Crippen LogP contribution in [0.3, 0.4) is 0 Å². The molecule has 5 heteroatoms. The number of carbonyl (C=O) groups excluding carboxylic acids is 1. The summed E-state index contributed by atoms with van der Waals surface area (Å²) in [7, 11) is 0. The minimum atomic E-state index is -0.220. The summed E-state index contributed by atoms with van der Waals surface area (Å²) in [5, 5.41) is 12.8. The Labute approximate surface area is 142 Å². The standard InChI is InChI=1S/C19H23N3O2/c23-17-11-16(12-17)18(10-14-5-8-20-9-6-14)22-19(24)4-3-15-2-1-7-21-13-15/h1-2,5-9,13,16-18,23H,3-4,10-12H2,(H,22,24)/t16?,17?,18-/m1/s1. The number of pyridine rings is 2. The predicted octanol–water partition coefficient (Wildman–Crippen LogP) is 1.91. The third-order valence-corrected chi connectivity index (χ3v) is 4.63.